The monoisotopic (exact) mass is 310 g/mol. The number of para-hydroxylation sites is 1. The van der Waals surface area contributed by atoms with E-state index in [1.54, 1.807) is 0 Å². The second kappa shape index (κ2) is 5.52. The van der Waals surface area contributed by atoms with Crippen LogP contribution in [-0.2, 0) is 0 Å². The third-order valence-electron chi connectivity index (χ3n) is 5.79. The van der Waals surface area contributed by atoms with E-state index in [4.69, 9.17) is 0 Å². The van der Waals surface area contributed by atoms with Gasteiger partial charge in [0.2, 0.25) is 5.56 Å². The van der Waals surface area contributed by atoms with Gasteiger partial charge >= 0.3 is 0 Å². The van der Waals surface area contributed by atoms with Gasteiger partial charge in [0.05, 0.1) is 5.56 Å². The van der Waals surface area contributed by atoms with Crippen molar-refractivity contribution in [3.63, 3.8) is 0 Å². The Balaban J connectivity index is 1.58. The summed E-state index contributed by atoms with van der Waals surface area (Å²) in [7, 11) is 0. The van der Waals surface area contributed by atoms with E-state index in [0.717, 1.165) is 17.2 Å². The largest absolute Gasteiger partial charge is 0.349 e. The van der Waals surface area contributed by atoms with Gasteiger partial charge in [0.25, 0.3) is 5.91 Å². The molecule has 4 nitrogen and oxygen atoms in total. The van der Waals surface area contributed by atoms with E-state index in [1.165, 1.54) is 31.7 Å². The fourth-order valence-electron chi connectivity index (χ4n) is 4.69. The van der Waals surface area contributed by atoms with Crippen molar-refractivity contribution in [2.24, 2.45) is 17.8 Å². The molecule has 120 valence electrons. The maximum absolute atomic E-state index is 12.7. The number of hydrogen-bond acceptors (Lipinski definition) is 2. The number of hydrogen-bond donors (Lipinski definition) is 2. The Hall–Kier alpha value is -2.10. The molecule has 1 aromatic heterocycles. The molecule has 2 aliphatic carbocycles. The number of aromatic nitrogens is 1. The summed E-state index contributed by atoms with van der Waals surface area (Å²) in [5.74, 6) is 2.09. The van der Waals surface area contributed by atoms with Gasteiger partial charge in [0.1, 0.15) is 0 Å². The summed E-state index contributed by atoms with van der Waals surface area (Å²) < 4.78 is 0. The van der Waals surface area contributed by atoms with Crippen LogP contribution in [0.4, 0.5) is 0 Å². The lowest BCUT2D eigenvalue weighted by atomic mass is 9.84. The highest BCUT2D eigenvalue weighted by molar-refractivity contribution is 6.06. The molecule has 2 aromatic rings. The van der Waals surface area contributed by atoms with Crippen molar-refractivity contribution in [1.29, 1.82) is 0 Å². The second-order valence-corrected chi connectivity index (χ2v) is 7.19. The van der Waals surface area contributed by atoms with E-state index < -0.39 is 0 Å². The third-order valence-corrected chi connectivity index (χ3v) is 5.79. The molecule has 0 spiro atoms. The van der Waals surface area contributed by atoms with E-state index in [0.29, 0.717) is 17.0 Å². The number of nitrogens with one attached hydrogen (secondary N) is 2. The summed E-state index contributed by atoms with van der Waals surface area (Å²) in [6.07, 6.45) is 5.24. The lowest BCUT2D eigenvalue weighted by Crippen LogP contribution is -2.40. The molecular formula is C19H22N2O2. The maximum Gasteiger partial charge on any atom is 0.252 e. The first kappa shape index (κ1) is 14.5. The average Bonchev–Trinajstić information content (AvgIpc) is 3.17. The van der Waals surface area contributed by atoms with Crippen LogP contribution in [0.2, 0.25) is 0 Å². The Morgan fingerprint density at radius 3 is 2.83 bits per heavy atom. The number of fused-ring (bicyclic) bond motifs is 3. The Bertz CT molecular complexity index is 810. The zero-order valence-corrected chi connectivity index (χ0v) is 13.3. The van der Waals surface area contributed by atoms with Crippen LogP contribution < -0.4 is 10.9 Å². The number of pyridine rings is 1. The molecule has 2 bridgehead atoms. The highest BCUT2D eigenvalue weighted by atomic mass is 16.2. The zero-order valence-electron chi connectivity index (χ0n) is 13.3. The summed E-state index contributed by atoms with van der Waals surface area (Å²) in [6.45, 7) is 2.11. The quantitative estimate of drug-likeness (QED) is 0.915. The molecule has 2 saturated carbocycles. The molecule has 1 heterocycles. The van der Waals surface area contributed by atoms with E-state index in [2.05, 4.69) is 17.2 Å². The molecule has 1 aromatic carbocycles. The van der Waals surface area contributed by atoms with Crippen molar-refractivity contribution in [1.82, 2.24) is 10.3 Å². The van der Waals surface area contributed by atoms with Crippen LogP contribution in [0.25, 0.3) is 10.9 Å². The summed E-state index contributed by atoms with van der Waals surface area (Å²) in [6, 6.07) is 9.02. The minimum Gasteiger partial charge on any atom is -0.349 e. The molecule has 0 unspecified atom stereocenters. The van der Waals surface area contributed by atoms with Crippen LogP contribution in [-0.4, -0.2) is 16.9 Å². The molecule has 1 amide bonds. The van der Waals surface area contributed by atoms with Gasteiger partial charge in [-0.1, -0.05) is 24.6 Å². The van der Waals surface area contributed by atoms with Crippen molar-refractivity contribution in [2.75, 3.05) is 0 Å². The van der Waals surface area contributed by atoms with Gasteiger partial charge in [-0.3, -0.25) is 9.59 Å². The van der Waals surface area contributed by atoms with Crippen molar-refractivity contribution in [3.8, 4) is 0 Å². The molecule has 0 saturated heterocycles. The maximum atomic E-state index is 12.7. The van der Waals surface area contributed by atoms with Crippen LogP contribution in [0.5, 0.6) is 0 Å². The molecule has 4 atom stereocenters. The van der Waals surface area contributed by atoms with Gasteiger partial charge in [-0.2, -0.15) is 0 Å². The van der Waals surface area contributed by atoms with Gasteiger partial charge in [-0.05, 0) is 50.0 Å². The Labute approximate surface area is 135 Å². The fraction of sp³-hybridized carbons (Fsp3) is 0.474. The van der Waals surface area contributed by atoms with Crippen molar-refractivity contribution in [3.05, 3.63) is 46.2 Å². The number of aromatic amines is 1. The van der Waals surface area contributed by atoms with Crippen LogP contribution in [0.1, 0.15) is 43.0 Å². The second-order valence-electron chi connectivity index (χ2n) is 7.19. The SMILES string of the molecule is C[C@H](NC(=O)c1cc(=O)[nH]c2ccccc12)[C@H]1C[C@H]2CC[C@H]1C2. The summed E-state index contributed by atoms with van der Waals surface area (Å²) >= 11 is 0. The number of carbonyl (C=O) groups excluding carboxylic acids is 1. The summed E-state index contributed by atoms with van der Waals surface area (Å²) in [4.78, 5) is 27.3. The number of H-pyrrole nitrogens is 1. The minimum atomic E-state index is -0.235. The zero-order chi connectivity index (χ0) is 16.0. The predicted octanol–water partition coefficient (Wildman–Crippen LogP) is 3.08. The number of carbonyl (C=O) groups is 1. The molecule has 23 heavy (non-hydrogen) atoms. The first-order valence-electron chi connectivity index (χ1n) is 8.55. The van der Waals surface area contributed by atoms with Gasteiger partial charge in [-0.15, -0.1) is 0 Å². The smallest absolute Gasteiger partial charge is 0.252 e. The molecule has 2 aliphatic rings. The van der Waals surface area contributed by atoms with Crippen LogP contribution >= 0.6 is 0 Å². The van der Waals surface area contributed by atoms with Crippen LogP contribution in [0, 0.1) is 17.8 Å². The standard InChI is InChI=1S/C19H22N2O2/c1-11(15-9-12-6-7-13(15)8-12)20-19(23)16-10-18(22)21-17-5-3-2-4-14(16)17/h2-5,10-13,15H,6-9H2,1H3,(H,20,23)(H,21,22)/t11-,12-,13-,15+/m0/s1. The van der Waals surface area contributed by atoms with Gasteiger partial charge in [-0.25, -0.2) is 0 Å². The average molecular weight is 310 g/mol. The molecule has 4 heteroatoms. The lowest BCUT2D eigenvalue weighted by Gasteiger charge is -2.28. The Morgan fingerprint density at radius 2 is 2.09 bits per heavy atom. The molecule has 2 N–H and O–H groups in total. The van der Waals surface area contributed by atoms with Gasteiger partial charge in [0.15, 0.2) is 0 Å². The number of rotatable bonds is 3. The lowest BCUT2D eigenvalue weighted by molar-refractivity contribution is 0.0917. The van der Waals surface area contributed by atoms with E-state index in [-0.39, 0.29) is 17.5 Å². The topological polar surface area (TPSA) is 62.0 Å². The highest BCUT2D eigenvalue weighted by Crippen LogP contribution is 2.49. The van der Waals surface area contributed by atoms with E-state index in [9.17, 15) is 9.59 Å². The minimum absolute atomic E-state index is 0.137. The van der Waals surface area contributed by atoms with Crippen LogP contribution in [0.3, 0.4) is 0 Å². The Kier molecular flexibility index (Phi) is 3.47. The molecule has 0 aliphatic heterocycles. The van der Waals surface area contributed by atoms with Crippen LogP contribution in [0.15, 0.2) is 35.1 Å². The predicted molar refractivity (Wildman–Crippen MR) is 90.4 cm³/mol. The van der Waals surface area contributed by atoms with Crippen molar-refractivity contribution < 1.29 is 4.79 Å². The first-order valence-corrected chi connectivity index (χ1v) is 8.55. The number of benzene rings is 1. The van der Waals surface area contributed by atoms with Crippen molar-refractivity contribution >= 4 is 16.8 Å². The molecular weight excluding hydrogens is 288 g/mol. The summed E-state index contributed by atoms with van der Waals surface area (Å²) in [5, 5.41) is 3.95. The summed E-state index contributed by atoms with van der Waals surface area (Å²) in [5.41, 5.74) is 0.943. The highest BCUT2D eigenvalue weighted by Gasteiger charge is 2.42. The molecule has 2 fully saturated rings. The number of amides is 1. The van der Waals surface area contributed by atoms with Gasteiger partial charge < -0.3 is 10.3 Å². The fourth-order valence-corrected chi connectivity index (χ4v) is 4.69. The first-order chi connectivity index (χ1) is 11.1. The third kappa shape index (κ3) is 2.56. The molecule has 0 radical (unpaired) electrons. The van der Waals surface area contributed by atoms with E-state index in [1.807, 2.05) is 24.3 Å². The van der Waals surface area contributed by atoms with Crippen molar-refractivity contribution in [2.45, 2.75) is 38.6 Å². The normalized spacial score (nSPS) is 27.3. The van der Waals surface area contributed by atoms with E-state index >= 15 is 0 Å². The van der Waals surface area contributed by atoms with Gasteiger partial charge in [0, 0.05) is 23.0 Å². The molecule has 4 rings (SSSR count). The Morgan fingerprint density at radius 1 is 1.26 bits per heavy atom.